The van der Waals surface area contributed by atoms with Crippen LogP contribution in [0, 0.1) is 0 Å². The summed E-state index contributed by atoms with van der Waals surface area (Å²) in [5, 5.41) is 2.76. The van der Waals surface area contributed by atoms with E-state index in [9.17, 15) is 14.4 Å². The molecule has 0 aliphatic carbocycles. The maximum Gasteiger partial charge on any atom is 0.331 e. The average molecular weight is 414 g/mol. The van der Waals surface area contributed by atoms with Gasteiger partial charge in [0, 0.05) is 28.2 Å². The number of halogens is 1. The van der Waals surface area contributed by atoms with E-state index in [0.29, 0.717) is 18.4 Å². The summed E-state index contributed by atoms with van der Waals surface area (Å²) >= 11 is 3.34. The van der Waals surface area contributed by atoms with Crippen molar-refractivity contribution in [2.75, 3.05) is 11.9 Å². The summed E-state index contributed by atoms with van der Waals surface area (Å²) < 4.78 is 5.96. The number of aryl methyl sites for hydroxylation is 1. The Morgan fingerprint density at radius 3 is 2.65 bits per heavy atom. The van der Waals surface area contributed by atoms with Gasteiger partial charge in [-0.1, -0.05) is 28.1 Å². The van der Waals surface area contributed by atoms with Gasteiger partial charge in [-0.25, -0.2) is 4.79 Å². The van der Waals surface area contributed by atoms with Crippen molar-refractivity contribution in [1.82, 2.24) is 0 Å². The van der Waals surface area contributed by atoms with Gasteiger partial charge >= 0.3 is 5.97 Å². The zero-order chi connectivity index (χ0) is 18.5. The first-order valence-corrected chi connectivity index (χ1v) is 8.87. The highest BCUT2D eigenvalue weighted by molar-refractivity contribution is 9.10. The van der Waals surface area contributed by atoms with Crippen LogP contribution in [0.3, 0.4) is 0 Å². The van der Waals surface area contributed by atoms with Crippen LogP contribution in [0.2, 0.25) is 0 Å². The van der Waals surface area contributed by atoms with E-state index in [-0.39, 0.29) is 18.3 Å². The maximum atomic E-state index is 12.2. The Kier molecular flexibility index (Phi) is 5.63. The van der Waals surface area contributed by atoms with Crippen LogP contribution < -0.4 is 5.32 Å². The monoisotopic (exact) mass is 413 g/mol. The normalized spacial score (nSPS) is 13.2. The fourth-order valence-corrected chi connectivity index (χ4v) is 2.83. The van der Waals surface area contributed by atoms with Gasteiger partial charge in [-0.05, 0) is 54.0 Å². The minimum Gasteiger partial charge on any atom is -0.454 e. The van der Waals surface area contributed by atoms with E-state index >= 15 is 0 Å². The van der Waals surface area contributed by atoms with Crippen molar-refractivity contribution in [2.45, 2.75) is 12.8 Å². The van der Waals surface area contributed by atoms with Gasteiger partial charge in [-0.15, -0.1) is 0 Å². The number of esters is 1. The predicted octanol–water partition coefficient (Wildman–Crippen LogP) is 3.77. The third kappa shape index (κ3) is 4.67. The number of ketones is 1. The van der Waals surface area contributed by atoms with Gasteiger partial charge in [0.15, 0.2) is 12.4 Å². The molecule has 0 spiro atoms. The molecule has 5 nitrogen and oxygen atoms in total. The minimum absolute atomic E-state index is 0.0249. The molecule has 0 atom stereocenters. The van der Waals surface area contributed by atoms with E-state index in [0.717, 1.165) is 21.3 Å². The van der Waals surface area contributed by atoms with E-state index in [2.05, 4.69) is 21.2 Å². The summed E-state index contributed by atoms with van der Waals surface area (Å²) in [5.41, 5.74) is 2.96. The molecule has 0 bridgehead atoms. The smallest absolute Gasteiger partial charge is 0.331 e. The number of ether oxygens (including phenoxy) is 1. The number of fused-ring (bicyclic) bond motifs is 1. The van der Waals surface area contributed by atoms with E-state index in [1.165, 1.54) is 6.08 Å². The van der Waals surface area contributed by atoms with Gasteiger partial charge in [0.1, 0.15) is 0 Å². The summed E-state index contributed by atoms with van der Waals surface area (Å²) in [4.78, 5) is 35.3. The van der Waals surface area contributed by atoms with Crippen LogP contribution in [0.25, 0.3) is 6.08 Å². The van der Waals surface area contributed by atoms with Crippen molar-refractivity contribution in [3.63, 3.8) is 0 Å². The lowest BCUT2D eigenvalue weighted by atomic mass is 9.99. The average Bonchev–Trinajstić information content (AvgIpc) is 2.65. The number of hydrogen-bond donors (Lipinski definition) is 1. The molecule has 0 saturated heterocycles. The number of nitrogens with one attached hydrogen (secondary N) is 1. The number of rotatable bonds is 5. The molecule has 132 valence electrons. The Balaban J connectivity index is 1.56. The number of Topliss-reactive ketones (excluding diaryl/α,β-unsaturated/α-hetero) is 1. The number of carbonyl (C=O) groups is 3. The molecule has 1 heterocycles. The summed E-state index contributed by atoms with van der Waals surface area (Å²) in [6.07, 6.45) is 3.91. The molecule has 0 fully saturated rings. The molecule has 0 unspecified atom stereocenters. The summed E-state index contributed by atoms with van der Waals surface area (Å²) in [6, 6.07) is 12.5. The van der Waals surface area contributed by atoms with Gasteiger partial charge in [0.25, 0.3) is 0 Å². The first-order valence-electron chi connectivity index (χ1n) is 8.07. The zero-order valence-corrected chi connectivity index (χ0v) is 15.4. The van der Waals surface area contributed by atoms with Crippen LogP contribution in [0.1, 0.15) is 27.9 Å². The number of anilines is 1. The third-order valence-corrected chi connectivity index (χ3v) is 4.48. The first-order chi connectivity index (χ1) is 12.5. The maximum absolute atomic E-state index is 12.2. The second-order valence-electron chi connectivity index (χ2n) is 5.84. The van der Waals surface area contributed by atoms with Crippen molar-refractivity contribution in [1.29, 1.82) is 0 Å². The Hall–Kier alpha value is -2.73. The molecule has 1 amide bonds. The molecule has 2 aromatic rings. The largest absolute Gasteiger partial charge is 0.454 e. The quantitative estimate of drug-likeness (QED) is 0.459. The van der Waals surface area contributed by atoms with Crippen LogP contribution >= 0.6 is 15.9 Å². The number of benzene rings is 2. The zero-order valence-electron chi connectivity index (χ0n) is 13.8. The molecule has 1 aliphatic heterocycles. The Bertz CT molecular complexity index is 887. The fraction of sp³-hybridized carbons (Fsp3) is 0.150. The minimum atomic E-state index is -0.577. The molecule has 0 radical (unpaired) electrons. The number of amides is 1. The number of hydrogen-bond acceptors (Lipinski definition) is 4. The van der Waals surface area contributed by atoms with E-state index in [1.807, 2.05) is 24.3 Å². The SMILES string of the molecule is O=C1CCc2cc(C(=O)COC(=O)/C=C/c3ccc(Br)cc3)ccc2N1. The van der Waals surface area contributed by atoms with Crippen LogP contribution in [0.5, 0.6) is 0 Å². The van der Waals surface area contributed by atoms with Crippen molar-refractivity contribution in [3.8, 4) is 0 Å². The third-order valence-electron chi connectivity index (χ3n) is 3.95. The van der Waals surface area contributed by atoms with Crippen LogP contribution in [0.15, 0.2) is 53.0 Å². The van der Waals surface area contributed by atoms with Crippen LogP contribution in [-0.2, 0) is 20.7 Å². The van der Waals surface area contributed by atoms with E-state index in [4.69, 9.17) is 4.74 Å². The van der Waals surface area contributed by atoms with Crippen LogP contribution in [0.4, 0.5) is 5.69 Å². The Morgan fingerprint density at radius 1 is 1.12 bits per heavy atom. The summed E-state index contributed by atoms with van der Waals surface area (Å²) in [5.74, 6) is -0.885. The van der Waals surface area contributed by atoms with Crippen molar-refractivity contribution >= 4 is 45.4 Å². The topological polar surface area (TPSA) is 72.5 Å². The van der Waals surface area contributed by atoms with Gasteiger partial charge in [0.2, 0.25) is 5.91 Å². The van der Waals surface area contributed by atoms with Gasteiger partial charge in [-0.3, -0.25) is 9.59 Å². The molecule has 1 aliphatic rings. The molecular formula is C20H16BrNO4. The summed E-state index contributed by atoms with van der Waals surface area (Å²) in [6.45, 7) is -0.325. The van der Waals surface area contributed by atoms with Crippen molar-refractivity contribution in [3.05, 3.63) is 69.7 Å². The molecule has 0 aromatic heterocycles. The lowest BCUT2D eigenvalue weighted by Gasteiger charge is -2.17. The molecule has 2 aromatic carbocycles. The fourth-order valence-electron chi connectivity index (χ4n) is 2.56. The Labute approximate surface area is 159 Å². The van der Waals surface area contributed by atoms with E-state index in [1.54, 1.807) is 24.3 Å². The number of carbonyl (C=O) groups excluding carboxylic acids is 3. The molecule has 3 rings (SSSR count). The molecule has 1 N–H and O–H groups in total. The Morgan fingerprint density at radius 2 is 1.88 bits per heavy atom. The summed E-state index contributed by atoms with van der Waals surface area (Å²) in [7, 11) is 0. The predicted molar refractivity (Wildman–Crippen MR) is 102 cm³/mol. The lowest BCUT2D eigenvalue weighted by molar-refractivity contribution is -0.136. The van der Waals surface area contributed by atoms with Crippen molar-refractivity contribution in [2.24, 2.45) is 0 Å². The van der Waals surface area contributed by atoms with Gasteiger partial charge in [0.05, 0.1) is 0 Å². The first kappa shape index (κ1) is 18.1. The standard InChI is InChI=1S/C20H16BrNO4/c21-16-6-1-13(2-7-16)3-10-20(25)26-12-18(23)15-4-8-17-14(11-15)5-9-19(24)22-17/h1-4,6-8,10-11H,5,9,12H2,(H,22,24)/b10-3+. The second kappa shape index (κ2) is 8.10. The van der Waals surface area contributed by atoms with Crippen LogP contribution in [-0.4, -0.2) is 24.3 Å². The highest BCUT2D eigenvalue weighted by Gasteiger charge is 2.17. The molecule has 0 saturated carbocycles. The van der Waals surface area contributed by atoms with E-state index < -0.39 is 5.97 Å². The molecule has 6 heteroatoms. The van der Waals surface area contributed by atoms with Crippen molar-refractivity contribution < 1.29 is 19.1 Å². The lowest BCUT2D eigenvalue weighted by Crippen LogP contribution is -2.20. The molecule has 26 heavy (non-hydrogen) atoms. The second-order valence-corrected chi connectivity index (χ2v) is 6.75. The van der Waals surface area contributed by atoms with Gasteiger partial charge in [-0.2, -0.15) is 0 Å². The van der Waals surface area contributed by atoms with Gasteiger partial charge < -0.3 is 10.1 Å². The highest BCUT2D eigenvalue weighted by Crippen LogP contribution is 2.23. The highest BCUT2D eigenvalue weighted by atomic mass is 79.9. The molecular weight excluding hydrogens is 398 g/mol.